The minimum absolute atomic E-state index is 0.407. The summed E-state index contributed by atoms with van der Waals surface area (Å²) in [6.07, 6.45) is 14.8. The molecule has 1 heterocycles. The van der Waals surface area contributed by atoms with Crippen LogP contribution in [0.2, 0.25) is 6.04 Å². The van der Waals surface area contributed by atoms with Crippen molar-refractivity contribution in [3.63, 3.8) is 0 Å². The van der Waals surface area contributed by atoms with Crippen molar-refractivity contribution in [3.8, 4) is 0 Å². The number of hydrogen-bond donors (Lipinski definition) is 0. The zero-order chi connectivity index (χ0) is 18.2. The monoisotopic (exact) mass is 376 g/mol. The van der Waals surface area contributed by atoms with Crippen LogP contribution in [0.3, 0.4) is 0 Å². The van der Waals surface area contributed by atoms with Gasteiger partial charge in [-0.05, 0) is 12.8 Å². The standard InChI is InChI=1S/C19H40O5Si/c1-20-25(21-2,22-3)16-14-12-10-8-6-4-5-7-9-11-13-15-23-17-19-18-24-19/h19H,4-18H2,1-3H3. The summed E-state index contributed by atoms with van der Waals surface area (Å²) in [5, 5.41) is 0. The third-order valence-corrected chi connectivity index (χ3v) is 7.74. The molecule has 0 aliphatic carbocycles. The molecule has 0 amide bonds. The summed E-state index contributed by atoms with van der Waals surface area (Å²) < 4.78 is 27.0. The van der Waals surface area contributed by atoms with Gasteiger partial charge in [-0.2, -0.15) is 0 Å². The van der Waals surface area contributed by atoms with Gasteiger partial charge in [0.25, 0.3) is 0 Å². The van der Waals surface area contributed by atoms with E-state index in [9.17, 15) is 0 Å². The first-order chi connectivity index (χ1) is 12.3. The third kappa shape index (κ3) is 12.1. The van der Waals surface area contributed by atoms with Gasteiger partial charge in [-0.15, -0.1) is 0 Å². The summed E-state index contributed by atoms with van der Waals surface area (Å²) >= 11 is 0. The largest absolute Gasteiger partial charge is 0.500 e. The predicted octanol–water partition coefficient (Wildman–Crippen LogP) is 4.57. The Labute approximate surface area is 156 Å². The molecule has 25 heavy (non-hydrogen) atoms. The molecule has 6 heteroatoms. The van der Waals surface area contributed by atoms with Crippen molar-refractivity contribution in [2.45, 2.75) is 82.8 Å². The smallest absolute Gasteiger partial charge is 0.379 e. The number of hydrogen-bond acceptors (Lipinski definition) is 5. The zero-order valence-corrected chi connectivity index (χ0v) is 17.7. The van der Waals surface area contributed by atoms with Crippen LogP contribution in [0.1, 0.15) is 70.6 Å². The van der Waals surface area contributed by atoms with E-state index in [1.54, 1.807) is 21.3 Å². The molecule has 0 bridgehead atoms. The molecule has 0 radical (unpaired) electrons. The van der Waals surface area contributed by atoms with E-state index in [2.05, 4.69) is 0 Å². The Morgan fingerprint density at radius 2 is 1.16 bits per heavy atom. The Balaban J connectivity index is 1.73. The molecular weight excluding hydrogens is 336 g/mol. The van der Waals surface area contributed by atoms with Gasteiger partial charge >= 0.3 is 8.80 Å². The van der Waals surface area contributed by atoms with Gasteiger partial charge in [-0.25, -0.2) is 0 Å². The van der Waals surface area contributed by atoms with Gasteiger partial charge in [0.2, 0.25) is 0 Å². The minimum atomic E-state index is -2.34. The Morgan fingerprint density at radius 1 is 0.720 bits per heavy atom. The van der Waals surface area contributed by atoms with Crippen LogP contribution in [0.25, 0.3) is 0 Å². The van der Waals surface area contributed by atoms with Crippen LogP contribution in [-0.2, 0) is 22.8 Å². The summed E-state index contributed by atoms with van der Waals surface area (Å²) in [4.78, 5) is 0. The maximum Gasteiger partial charge on any atom is 0.500 e. The molecule has 0 N–H and O–H groups in total. The quantitative estimate of drug-likeness (QED) is 0.188. The van der Waals surface area contributed by atoms with Gasteiger partial charge in [-0.1, -0.05) is 57.8 Å². The Kier molecular flexibility index (Phi) is 13.9. The van der Waals surface area contributed by atoms with E-state index in [0.717, 1.165) is 32.3 Å². The Morgan fingerprint density at radius 3 is 1.60 bits per heavy atom. The van der Waals surface area contributed by atoms with E-state index in [1.807, 2.05) is 0 Å². The van der Waals surface area contributed by atoms with Crippen LogP contribution in [0, 0.1) is 0 Å². The van der Waals surface area contributed by atoms with E-state index in [-0.39, 0.29) is 0 Å². The predicted molar refractivity (Wildman–Crippen MR) is 103 cm³/mol. The fraction of sp³-hybridized carbons (Fsp3) is 1.00. The molecular formula is C19H40O5Si. The number of rotatable bonds is 19. The summed E-state index contributed by atoms with van der Waals surface area (Å²) in [6, 6.07) is 0.924. The third-order valence-electron chi connectivity index (χ3n) is 4.91. The van der Waals surface area contributed by atoms with Crippen molar-refractivity contribution in [1.82, 2.24) is 0 Å². The van der Waals surface area contributed by atoms with Crippen LogP contribution in [0.15, 0.2) is 0 Å². The molecule has 0 aromatic heterocycles. The van der Waals surface area contributed by atoms with Gasteiger partial charge < -0.3 is 22.8 Å². The van der Waals surface area contributed by atoms with Crippen LogP contribution in [-0.4, -0.2) is 56.1 Å². The minimum Gasteiger partial charge on any atom is -0.379 e. The van der Waals surface area contributed by atoms with Crippen molar-refractivity contribution in [1.29, 1.82) is 0 Å². The summed E-state index contributed by atoms with van der Waals surface area (Å²) in [5.74, 6) is 0. The van der Waals surface area contributed by atoms with E-state index >= 15 is 0 Å². The average molecular weight is 377 g/mol. The van der Waals surface area contributed by atoms with E-state index in [1.165, 1.54) is 64.2 Å². The summed E-state index contributed by atoms with van der Waals surface area (Å²) in [5.41, 5.74) is 0. The van der Waals surface area contributed by atoms with Crippen molar-refractivity contribution >= 4 is 8.80 Å². The molecule has 0 aromatic rings. The highest BCUT2D eigenvalue weighted by atomic mass is 28.4. The molecule has 0 aromatic carbocycles. The van der Waals surface area contributed by atoms with Crippen LogP contribution in [0.5, 0.6) is 0 Å². The molecule has 1 unspecified atom stereocenters. The normalized spacial score (nSPS) is 17.2. The molecule has 150 valence electrons. The zero-order valence-electron chi connectivity index (χ0n) is 16.7. The Hall–Kier alpha value is 0.0169. The first kappa shape index (κ1) is 23.1. The maximum absolute atomic E-state index is 5.55. The highest BCUT2D eigenvalue weighted by Crippen LogP contribution is 2.18. The number of unbranched alkanes of at least 4 members (excludes halogenated alkanes) is 10. The van der Waals surface area contributed by atoms with Gasteiger partial charge in [0.05, 0.1) is 13.2 Å². The molecule has 1 aliphatic rings. The maximum atomic E-state index is 5.55. The second-order valence-corrected chi connectivity index (χ2v) is 10.1. The molecule has 1 saturated heterocycles. The second-order valence-electron chi connectivity index (χ2n) is 6.96. The molecule has 0 spiro atoms. The van der Waals surface area contributed by atoms with Gasteiger partial charge in [-0.3, -0.25) is 0 Å². The SMILES string of the molecule is CO[Si](CCCCCCCCCCCCCOCC1CO1)(OC)OC. The van der Waals surface area contributed by atoms with Crippen LogP contribution < -0.4 is 0 Å². The number of epoxide rings is 1. The lowest BCUT2D eigenvalue weighted by Gasteiger charge is -2.24. The van der Waals surface area contributed by atoms with E-state index in [0.29, 0.717) is 6.10 Å². The van der Waals surface area contributed by atoms with Crippen LogP contribution >= 0.6 is 0 Å². The molecule has 5 nitrogen and oxygen atoms in total. The summed E-state index contributed by atoms with van der Waals surface area (Å²) in [6.45, 7) is 2.60. The lowest BCUT2D eigenvalue weighted by molar-refractivity contribution is 0.113. The molecule has 1 fully saturated rings. The fourth-order valence-corrected chi connectivity index (χ4v) is 4.87. The van der Waals surface area contributed by atoms with Crippen molar-refractivity contribution < 1.29 is 22.8 Å². The lowest BCUT2D eigenvalue weighted by atomic mass is 10.1. The average Bonchev–Trinajstić information content (AvgIpc) is 3.46. The Bertz CT molecular complexity index is 287. The van der Waals surface area contributed by atoms with Crippen molar-refractivity contribution in [2.75, 3.05) is 41.2 Å². The molecule has 1 aliphatic heterocycles. The van der Waals surface area contributed by atoms with E-state index < -0.39 is 8.80 Å². The van der Waals surface area contributed by atoms with Crippen LogP contribution in [0.4, 0.5) is 0 Å². The van der Waals surface area contributed by atoms with Crippen molar-refractivity contribution in [2.24, 2.45) is 0 Å². The second kappa shape index (κ2) is 15.1. The molecule has 1 rings (SSSR count). The lowest BCUT2D eigenvalue weighted by Crippen LogP contribution is -2.42. The molecule has 0 saturated carbocycles. The number of ether oxygens (including phenoxy) is 2. The van der Waals surface area contributed by atoms with Crippen molar-refractivity contribution in [3.05, 3.63) is 0 Å². The summed E-state index contributed by atoms with van der Waals surface area (Å²) in [7, 11) is 2.73. The highest BCUT2D eigenvalue weighted by molar-refractivity contribution is 6.60. The van der Waals surface area contributed by atoms with Gasteiger partial charge in [0, 0.05) is 34.0 Å². The van der Waals surface area contributed by atoms with E-state index in [4.69, 9.17) is 22.8 Å². The topological polar surface area (TPSA) is 49.5 Å². The highest BCUT2D eigenvalue weighted by Gasteiger charge is 2.36. The fourth-order valence-electron chi connectivity index (χ4n) is 3.07. The van der Waals surface area contributed by atoms with Gasteiger partial charge in [0.15, 0.2) is 0 Å². The first-order valence-corrected chi connectivity index (χ1v) is 12.0. The van der Waals surface area contributed by atoms with Gasteiger partial charge in [0.1, 0.15) is 6.10 Å². The molecule has 1 atom stereocenters. The first-order valence-electron chi connectivity index (χ1n) is 10.1.